The van der Waals surface area contributed by atoms with E-state index in [1.54, 1.807) is 6.07 Å². The van der Waals surface area contributed by atoms with Crippen LogP contribution in [0.15, 0.2) is 12.3 Å². The summed E-state index contributed by atoms with van der Waals surface area (Å²) < 4.78 is 32.4. The van der Waals surface area contributed by atoms with E-state index in [0.717, 1.165) is 4.90 Å². The van der Waals surface area contributed by atoms with E-state index >= 15 is 0 Å². The standard InChI is InChI=1S/C11H11F2IN2O3/c12-6-3-7(16(4-6)11(17)18)5-19-9-8(14)1-2-15-10(9)13/h1-2,6-7H,3-5H2,(H,17,18)/t6-,7+/m1/s1. The fourth-order valence-electron chi connectivity index (χ4n) is 1.96. The maximum absolute atomic E-state index is 13.4. The largest absolute Gasteiger partial charge is 0.486 e. The Bertz CT molecular complexity index is 469. The predicted octanol–water partition coefficient (Wildman–Crippen LogP) is 2.29. The van der Waals surface area contributed by atoms with Gasteiger partial charge in [-0.1, -0.05) is 0 Å². The summed E-state index contributed by atoms with van der Waals surface area (Å²) in [4.78, 5) is 15.4. The summed E-state index contributed by atoms with van der Waals surface area (Å²) in [5, 5.41) is 8.92. The summed E-state index contributed by atoms with van der Waals surface area (Å²) in [6.45, 7) is -0.263. The van der Waals surface area contributed by atoms with Crippen LogP contribution in [0.2, 0.25) is 0 Å². The number of ether oxygens (including phenoxy) is 1. The number of alkyl halides is 1. The first-order chi connectivity index (χ1) is 8.99. The van der Waals surface area contributed by atoms with Gasteiger partial charge in [-0.2, -0.15) is 4.39 Å². The number of likely N-dealkylation sites (tertiary alicyclic amines) is 1. The van der Waals surface area contributed by atoms with E-state index < -0.39 is 24.3 Å². The predicted molar refractivity (Wildman–Crippen MR) is 70.4 cm³/mol. The van der Waals surface area contributed by atoms with Crippen LogP contribution in [0.3, 0.4) is 0 Å². The first-order valence-corrected chi connectivity index (χ1v) is 6.63. The number of aromatic nitrogens is 1. The zero-order valence-electron chi connectivity index (χ0n) is 9.72. The van der Waals surface area contributed by atoms with Gasteiger partial charge in [0.2, 0.25) is 0 Å². The Kier molecular flexibility index (Phi) is 4.38. The maximum atomic E-state index is 13.4. The third-order valence-corrected chi connectivity index (χ3v) is 3.69. The van der Waals surface area contributed by atoms with Crippen LogP contribution in [0, 0.1) is 9.52 Å². The van der Waals surface area contributed by atoms with E-state index in [0.29, 0.717) is 3.57 Å². The molecule has 19 heavy (non-hydrogen) atoms. The second kappa shape index (κ2) is 5.85. The molecule has 0 aliphatic carbocycles. The summed E-state index contributed by atoms with van der Waals surface area (Å²) in [7, 11) is 0. The number of pyridine rings is 1. The number of carboxylic acid groups (broad SMARTS) is 1. The lowest BCUT2D eigenvalue weighted by Crippen LogP contribution is -2.38. The SMILES string of the molecule is O=C(O)N1C[C@H](F)C[C@H]1COc1c(I)ccnc1F. The Labute approximate surface area is 121 Å². The number of amides is 1. The number of rotatable bonds is 3. The second-order valence-corrected chi connectivity index (χ2v) is 5.31. The lowest BCUT2D eigenvalue weighted by Gasteiger charge is -2.21. The van der Waals surface area contributed by atoms with E-state index in [1.807, 2.05) is 22.6 Å². The minimum Gasteiger partial charge on any atom is -0.486 e. The molecule has 1 aromatic rings. The second-order valence-electron chi connectivity index (χ2n) is 4.15. The molecular weight excluding hydrogens is 373 g/mol. The molecule has 0 saturated carbocycles. The molecule has 1 aliphatic rings. The van der Waals surface area contributed by atoms with Crippen molar-refractivity contribution in [3.8, 4) is 5.75 Å². The van der Waals surface area contributed by atoms with Gasteiger partial charge in [0.25, 0.3) is 5.95 Å². The van der Waals surface area contributed by atoms with Gasteiger partial charge in [0.1, 0.15) is 12.8 Å². The third kappa shape index (κ3) is 3.23. The maximum Gasteiger partial charge on any atom is 0.407 e. The highest BCUT2D eigenvalue weighted by atomic mass is 127. The summed E-state index contributed by atoms with van der Waals surface area (Å²) in [6.07, 6.45) is -1.04. The first kappa shape index (κ1) is 14.2. The lowest BCUT2D eigenvalue weighted by molar-refractivity contribution is 0.121. The molecular formula is C11H11F2IN2O3. The van der Waals surface area contributed by atoms with Gasteiger partial charge >= 0.3 is 6.09 Å². The summed E-state index contributed by atoms with van der Waals surface area (Å²) in [5.74, 6) is -0.792. The Balaban J connectivity index is 2.04. The van der Waals surface area contributed by atoms with Crippen molar-refractivity contribution in [2.75, 3.05) is 13.2 Å². The van der Waals surface area contributed by atoms with E-state index in [4.69, 9.17) is 9.84 Å². The molecule has 1 fully saturated rings. The van der Waals surface area contributed by atoms with Crippen molar-refractivity contribution in [2.24, 2.45) is 0 Å². The fourth-order valence-corrected chi connectivity index (χ4v) is 2.50. The van der Waals surface area contributed by atoms with Crippen molar-refractivity contribution in [1.82, 2.24) is 9.88 Å². The highest BCUT2D eigenvalue weighted by Gasteiger charge is 2.36. The molecule has 0 radical (unpaired) electrons. The molecule has 1 amide bonds. The van der Waals surface area contributed by atoms with Crippen LogP contribution in [-0.2, 0) is 0 Å². The van der Waals surface area contributed by atoms with Gasteiger partial charge in [-0.15, -0.1) is 0 Å². The van der Waals surface area contributed by atoms with Gasteiger partial charge in [-0.05, 0) is 28.7 Å². The van der Waals surface area contributed by atoms with Crippen molar-refractivity contribution < 1.29 is 23.4 Å². The van der Waals surface area contributed by atoms with Gasteiger partial charge in [-0.25, -0.2) is 14.2 Å². The Morgan fingerprint density at radius 2 is 2.42 bits per heavy atom. The normalized spacial score (nSPS) is 22.6. The van der Waals surface area contributed by atoms with E-state index in [1.165, 1.54) is 6.20 Å². The highest BCUT2D eigenvalue weighted by molar-refractivity contribution is 14.1. The van der Waals surface area contributed by atoms with E-state index in [-0.39, 0.29) is 25.3 Å². The Morgan fingerprint density at radius 3 is 3.05 bits per heavy atom. The van der Waals surface area contributed by atoms with Gasteiger partial charge in [0.05, 0.1) is 16.2 Å². The molecule has 0 bridgehead atoms. The van der Waals surface area contributed by atoms with Crippen LogP contribution in [0.5, 0.6) is 5.75 Å². The van der Waals surface area contributed by atoms with Crippen molar-refractivity contribution in [3.05, 3.63) is 21.8 Å². The van der Waals surface area contributed by atoms with E-state index in [2.05, 4.69) is 4.98 Å². The van der Waals surface area contributed by atoms with Crippen LogP contribution in [-0.4, -0.2) is 46.4 Å². The zero-order valence-corrected chi connectivity index (χ0v) is 11.9. The molecule has 1 aliphatic heterocycles. The average Bonchev–Trinajstić information content (AvgIpc) is 2.70. The molecule has 5 nitrogen and oxygen atoms in total. The molecule has 1 saturated heterocycles. The number of nitrogens with zero attached hydrogens (tertiary/aromatic N) is 2. The van der Waals surface area contributed by atoms with Gasteiger partial charge in [-0.3, -0.25) is 4.90 Å². The van der Waals surface area contributed by atoms with Crippen LogP contribution in [0.1, 0.15) is 6.42 Å². The smallest absolute Gasteiger partial charge is 0.407 e. The molecule has 1 N–H and O–H groups in total. The first-order valence-electron chi connectivity index (χ1n) is 5.55. The van der Waals surface area contributed by atoms with Crippen molar-refractivity contribution in [2.45, 2.75) is 18.6 Å². The lowest BCUT2D eigenvalue weighted by atomic mass is 10.2. The molecule has 0 spiro atoms. The molecule has 2 rings (SSSR count). The topological polar surface area (TPSA) is 62.7 Å². The number of carbonyl (C=O) groups is 1. The summed E-state index contributed by atoms with van der Waals surface area (Å²) in [5.41, 5.74) is 0. The zero-order chi connectivity index (χ0) is 14.0. The average molecular weight is 384 g/mol. The summed E-state index contributed by atoms with van der Waals surface area (Å²) in [6, 6.07) is 0.962. The number of hydrogen-bond acceptors (Lipinski definition) is 3. The van der Waals surface area contributed by atoms with Gasteiger partial charge in [0.15, 0.2) is 5.75 Å². The van der Waals surface area contributed by atoms with Crippen molar-refractivity contribution >= 4 is 28.7 Å². The molecule has 2 atom stereocenters. The van der Waals surface area contributed by atoms with Crippen molar-refractivity contribution in [3.63, 3.8) is 0 Å². The molecule has 1 aromatic heterocycles. The highest BCUT2D eigenvalue weighted by Crippen LogP contribution is 2.25. The van der Waals surface area contributed by atoms with Crippen LogP contribution < -0.4 is 4.74 Å². The minimum atomic E-state index is -1.21. The Hall–Kier alpha value is -1.19. The molecule has 104 valence electrons. The van der Waals surface area contributed by atoms with Crippen molar-refractivity contribution in [1.29, 1.82) is 0 Å². The van der Waals surface area contributed by atoms with E-state index in [9.17, 15) is 13.6 Å². The molecule has 0 aromatic carbocycles. The van der Waals surface area contributed by atoms with Gasteiger partial charge in [0, 0.05) is 12.6 Å². The Morgan fingerprint density at radius 1 is 1.68 bits per heavy atom. The fraction of sp³-hybridized carbons (Fsp3) is 0.455. The van der Waals surface area contributed by atoms with Crippen LogP contribution in [0.4, 0.5) is 13.6 Å². The number of halogens is 3. The number of hydrogen-bond donors (Lipinski definition) is 1. The molecule has 2 heterocycles. The van der Waals surface area contributed by atoms with Crippen LogP contribution >= 0.6 is 22.6 Å². The summed E-state index contributed by atoms with van der Waals surface area (Å²) >= 11 is 1.89. The minimum absolute atomic E-state index is 0.0317. The molecule has 8 heteroatoms. The monoisotopic (exact) mass is 384 g/mol. The van der Waals surface area contributed by atoms with Gasteiger partial charge < -0.3 is 9.84 Å². The molecule has 0 unspecified atom stereocenters. The van der Waals surface area contributed by atoms with Crippen LogP contribution in [0.25, 0.3) is 0 Å². The quantitative estimate of drug-likeness (QED) is 0.642. The third-order valence-electron chi connectivity index (χ3n) is 2.84.